The molecule has 6 aliphatic carbocycles. The summed E-state index contributed by atoms with van der Waals surface area (Å²) in [5.41, 5.74) is 8.44. The maximum absolute atomic E-state index is 12.3. The van der Waals surface area contributed by atoms with Gasteiger partial charge in [-0.15, -0.1) is 12.4 Å². The molecule has 0 radical (unpaired) electrons. The Morgan fingerprint density at radius 3 is 1.76 bits per heavy atom. The van der Waals surface area contributed by atoms with E-state index in [0.29, 0.717) is 27.1 Å². The van der Waals surface area contributed by atoms with Crippen LogP contribution in [0.5, 0.6) is 0 Å². The Labute approximate surface area is 287 Å². The molecule has 4 N–H and O–H groups in total. The number of nitrogens with zero attached hydrogens (tertiary/aromatic N) is 1. The number of hydrogen-bond acceptors (Lipinski definition) is 7. The number of carboxylic acids is 1. The van der Waals surface area contributed by atoms with E-state index in [-0.39, 0.29) is 62.4 Å². The molecule has 0 spiro atoms. The lowest BCUT2D eigenvalue weighted by molar-refractivity contribution is -0.215. The Morgan fingerprint density at radius 2 is 1.33 bits per heavy atom. The van der Waals surface area contributed by atoms with Crippen LogP contribution in [0.25, 0.3) is 0 Å². The number of carbonyl (C=O) groups is 4. The number of hydroxylamine groups is 3. The largest absolute Gasteiger partial charge is 0.478 e. The first-order valence-electron chi connectivity index (χ1n) is 13.6. The molecule has 0 atom stereocenters. The van der Waals surface area contributed by atoms with Crippen molar-refractivity contribution in [3.05, 3.63) is 67.6 Å². The van der Waals surface area contributed by atoms with Gasteiger partial charge in [-0.25, -0.2) is 15.3 Å². The van der Waals surface area contributed by atoms with Crippen LogP contribution >= 0.6 is 58.8 Å². The summed E-state index contributed by atoms with van der Waals surface area (Å²) in [5.74, 6) is -0.955. The lowest BCUT2D eigenvalue weighted by atomic mass is 9.34. The molecule has 4 bridgehead atoms. The zero-order valence-corrected chi connectivity index (χ0v) is 28.6. The number of nitrogens with two attached hydrogens (primary N) is 1. The van der Waals surface area contributed by atoms with E-state index in [1.807, 2.05) is 0 Å². The Morgan fingerprint density at radius 1 is 0.844 bits per heavy atom. The summed E-state index contributed by atoms with van der Waals surface area (Å²) >= 11 is 22.9. The van der Waals surface area contributed by atoms with Gasteiger partial charge in [0.15, 0.2) is 5.78 Å². The predicted molar refractivity (Wildman–Crippen MR) is 173 cm³/mol. The average molecular weight is 726 g/mol. The minimum Gasteiger partial charge on any atom is -0.478 e. The fourth-order valence-electron chi connectivity index (χ4n) is 6.88. The molecule has 0 aliphatic heterocycles. The SMILES string of the molecule is CON(C)C(=O)C12CC(N)(C1)C2.CONC(=O)C12CC(CC(=O)c3ccc(Cl)c(Cl)c3)(C1)C2.Cl.O=C(O)c1ccc(Cl)c(Cl)c1. The van der Waals surface area contributed by atoms with Crippen LogP contribution in [0.2, 0.25) is 20.1 Å². The Balaban J connectivity index is 0.000000197. The number of carbonyl (C=O) groups excluding carboxylic acids is 3. The number of halogens is 5. The zero-order chi connectivity index (χ0) is 32.7. The monoisotopic (exact) mass is 723 g/mol. The number of Topliss-reactive ketones (excluding diaryl/α,β-unsaturated/α-hetero) is 1. The van der Waals surface area contributed by atoms with Crippen LogP contribution in [-0.4, -0.2) is 60.5 Å². The van der Waals surface area contributed by atoms with Gasteiger partial charge in [0, 0.05) is 24.6 Å². The maximum atomic E-state index is 12.3. The molecule has 15 heteroatoms. The van der Waals surface area contributed by atoms with Crippen molar-refractivity contribution in [1.29, 1.82) is 0 Å². The summed E-state index contributed by atoms with van der Waals surface area (Å²) < 4.78 is 0. The lowest BCUT2D eigenvalue weighted by Gasteiger charge is -2.69. The van der Waals surface area contributed by atoms with E-state index in [9.17, 15) is 19.2 Å². The zero-order valence-electron chi connectivity index (χ0n) is 24.8. The van der Waals surface area contributed by atoms with Crippen molar-refractivity contribution in [2.45, 2.75) is 50.5 Å². The van der Waals surface area contributed by atoms with Crippen LogP contribution < -0.4 is 11.2 Å². The third kappa shape index (κ3) is 7.55. The second-order valence-electron chi connectivity index (χ2n) is 12.3. The van der Waals surface area contributed by atoms with Crippen LogP contribution in [0.15, 0.2) is 36.4 Å². The first-order valence-corrected chi connectivity index (χ1v) is 15.1. The third-order valence-electron chi connectivity index (χ3n) is 8.85. The summed E-state index contributed by atoms with van der Waals surface area (Å²) in [4.78, 5) is 55.6. The summed E-state index contributed by atoms with van der Waals surface area (Å²) in [7, 11) is 4.57. The van der Waals surface area contributed by atoms with Crippen LogP contribution in [-0.2, 0) is 19.3 Å². The van der Waals surface area contributed by atoms with E-state index in [0.717, 1.165) is 38.5 Å². The van der Waals surface area contributed by atoms with Gasteiger partial charge < -0.3 is 10.8 Å². The van der Waals surface area contributed by atoms with Gasteiger partial charge in [0.2, 0.25) is 5.91 Å². The first-order chi connectivity index (χ1) is 20.5. The van der Waals surface area contributed by atoms with E-state index in [1.165, 1.54) is 37.5 Å². The fraction of sp³-hybridized carbons (Fsp3) is 0.467. The second-order valence-corrected chi connectivity index (χ2v) is 13.9. The molecule has 10 nitrogen and oxygen atoms in total. The van der Waals surface area contributed by atoms with Gasteiger partial charge in [-0.2, -0.15) is 0 Å². The highest BCUT2D eigenvalue weighted by molar-refractivity contribution is 6.42. The topological polar surface area (TPSA) is 148 Å². The van der Waals surface area contributed by atoms with Crippen LogP contribution in [0.4, 0.5) is 0 Å². The number of hydrogen-bond donors (Lipinski definition) is 3. The molecule has 8 rings (SSSR count). The van der Waals surface area contributed by atoms with E-state index >= 15 is 0 Å². The lowest BCUT2D eigenvalue weighted by Crippen LogP contribution is -2.76. The molecule has 45 heavy (non-hydrogen) atoms. The Kier molecular flexibility index (Phi) is 11.5. The van der Waals surface area contributed by atoms with Gasteiger partial charge in [-0.1, -0.05) is 46.4 Å². The van der Waals surface area contributed by atoms with Crippen molar-refractivity contribution in [2.24, 2.45) is 22.0 Å². The highest BCUT2D eigenvalue weighted by Gasteiger charge is 2.72. The number of benzene rings is 2. The summed E-state index contributed by atoms with van der Waals surface area (Å²) in [5, 5.41) is 11.2. The number of ketones is 1. The van der Waals surface area contributed by atoms with Gasteiger partial charge in [-0.3, -0.25) is 24.1 Å². The number of nitrogens with one attached hydrogen (secondary N) is 1. The molecule has 6 saturated carbocycles. The average Bonchev–Trinajstić information content (AvgIpc) is 2.90. The minimum atomic E-state index is -1.01. The molecule has 0 unspecified atom stereocenters. The van der Waals surface area contributed by atoms with Crippen molar-refractivity contribution in [3.63, 3.8) is 0 Å². The number of carboxylic acid groups (broad SMARTS) is 1. The van der Waals surface area contributed by atoms with Crippen molar-refractivity contribution in [2.75, 3.05) is 21.3 Å². The molecule has 6 fully saturated rings. The van der Waals surface area contributed by atoms with E-state index in [1.54, 1.807) is 25.2 Å². The summed E-state index contributed by atoms with van der Waals surface area (Å²) in [6.07, 6.45) is 5.23. The van der Waals surface area contributed by atoms with Crippen molar-refractivity contribution < 1.29 is 34.0 Å². The molecule has 0 saturated heterocycles. The van der Waals surface area contributed by atoms with Gasteiger partial charge in [0.25, 0.3) is 5.91 Å². The van der Waals surface area contributed by atoms with E-state index in [2.05, 4.69) is 10.3 Å². The number of rotatable bonds is 8. The quantitative estimate of drug-likeness (QED) is 0.209. The number of amides is 2. The summed E-state index contributed by atoms with van der Waals surface area (Å²) in [6, 6.07) is 9.09. The molecule has 2 amide bonds. The fourth-order valence-corrected chi connectivity index (χ4v) is 7.48. The van der Waals surface area contributed by atoms with Gasteiger partial charge in [0.1, 0.15) is 0 Å². The highest BCUT2D eigenvalue weighted by Crippen LogP contribution is 2.75. The second kappa shape index (κ2) is 13.9. The van der Waals surface area contributed by atoms with Crippen LogP contribution in [0.1, 0.15) is 65.7 Å². The molecule has 0 aromatic heterocycles. The first kappa shape index (κ1) is 37.3. The van der Waals surface area contributed by atoms with Crippen molar-refractivity contribution in [3.8, 4) is 0 Å². The minimum absolute atomic E-state index is 0. The smallest absolute Gasteiger partial charge is 0.335 e. The third-order valence-corrected chi connectivity index (χ3v) is 10.3. The number of aromatic carboxylic acids is 1. The molecule has 0 heterocycles. The Hall–Kier alpha value is -2.15. The molecule has 2 aromatic carbocycles. The van der Waals surface area contributed by atoms with Crippen LogP contribution in [0, 0.1) is 16.2 Å². The Bertz CT molecular complexity index is 1460. The molecule has 2 aromatic rings. The van der Waals surface area contributed by atoms with Crippen LogP contribution in [0.3, 0.4) is 0 Å². The van der Waals surface area contributed by atoms with Gasteiger partial charge in [0.05, 0.1) is 50.7 Å². The molecule has 6 aliphatic rings. The van der Waals surface area contributed by atoms with E-state index in [4.69, 9.17) is 62.1 Å². The van der Waals surface area contributed by atoms with E-state index < -0.39 is 5.97 Å². The standard InChI is InChI=1S/C15H15Cl2NO3.C8H14N2O2.C7H4Cl2O2.ClH/c1-21-18-13(20)15-6-14(7-15,8-15)5-12(19)9-2-3-10(16)11(17)4-9;1-10(12-2)6(11)7-3-8(9,4-7)5-7;8-5-2-1-4(7(10)11)3-6(5)9;/h2-4H,5-8H2,1H3,(H,18,20);3-5,9H2,1-2H3;1-3H,(H,10,11);1H. The molecular formula is C30H34Cl5N3O7. The highest BCUT2D eigenvalue weighted by atomic mass is 35.5. The van der Waals surface area contributed by atoms with Crippen molar-refractivity contribution >= 4 is 82.4 Å². The summed E-state index contributed by atoms with van der Waals surface area (Å²) in [6.45, 7) is 0. The normalized spacial score (nSPS) is 27.5. The molecule has 246 valence electrons. The molecular weight excluding hydrogens is 692 g/mol. The maximum Gasteiger partial charge on any atom is 0.335 e. The predicted octanol–water partition coefficient (Wildman–Crippen LogP) is 6.42. The van der Waals surface area contributed by atoms with Gasteiger partial charge in [-0.05, 0) is 80.3 Å². The van der Waals surface area contributed by atoms with Gasteiger partial charge >= 0.3 is 5.97 Å². The van der Waals surface area contributed by atoms with Crippen molar-refractivity contribution in [1.82, 2.24) is 10.5 Å².